The fraction of sp³-hybridized carbons (Fsp3) is 0.500. The molecule has 0 amide bonds. The maximum atomic E-state index is 12.3. The Bertz CT molecular complexity index is 567. The molecule has 0 unspecified atom stereocenters. The van der Waals surface area contributed by atoms with Crippen LogP contribution in [0.4, 0.5) is 0 Å². The Morgan fingerprint density at radius 1 is 1.26 bits per heavy atom. The third kappa shape index (κ3) is 3.34. The van der Waals surface area contributed by atoms with E-state index in [0.29, 0.717) is 25.9 Å². The summed E-state index contributed by atoms with van der Waals surface area (Å²) in [4.78, 5) is 0. The van der Waals surface area contributed by atoms with Gasteiger partial charge in [-0.1, -0.05) is 30.3 Å². The van der Waals surface area contributed by atoms with Crippen molar-refractivity contribution in [1.29, 1.82) is 5.26 Å². The lowest BCUT2D eigenvalue weighted by atomic mass is 9.83. The molecule has 1 saturated heterocycles. The van der Waals surface area contributed by atoms with Gasteiger partial charge >= 0.3 is 0 Å². The average molecular weight is 278 g/mol. The zero-order valence-electron chi connectivity index (χ0n) is 11.0. The molecule has 0 saturated carbocycles. The molecular weight excluding hydrogens is 260 g/mol. The van der Waals surface area contributed by atoms with Crippen LogP contribution in [0.2, 0.25) is 0 Å². The standard InChI is InChI=1S/C14H18N2O2S/c1-14(12-15)7-9-16(10-8-14)19(17,18)11-13-5-3-2-4-6-13/h2-6H,7-11H2,1H3. The van der Waals surface area contributed by atoms with E-state index in [-0.39, 0.29) is 11.2 Å². The monoisotopic (exact) mass is 278 g/mol. The van der Waals surface area contributed by atoms with Crippen molar-refractivity contribution in [3.8, 4) is 6.07 Å². The van der Waals surface area contributed by atoms with E-state index in [9.17, 15) is 8.42 Å². The average Bonchev–Trinajstić information content (AvgIpc) is 2.40. The Labute approximate surface area is 114 Å². The van der Waals surface area contributed by atoms with Crippen molar-refractivity contribution in [3.63, 3.8) is 0 Å². The van der Waals surface area contributed by atoms with E-state index < -0.39 is 10.0 Å². The van der Waals surface area contributed by atoms with Gasteiger partial charge in [-0.2, -0.15) is 5.26 Å². The van der Waals surface area contributed by atoms with Crippen LogP contribution in [0.25, 0.3) is 0 Å². The molecule has 0 spiro atoms. The summed E-state index contributed by atoms with van der Waals surface area (Å²) in [6.07, 6.45) is 1.22. The lowest BCUT2D eigenvalue weighted by molar-refractivity contribution is 0.232. The van der Waals surface area contributed by atoms with Crippen LogP contribution in [0.3, 0.4) is 0 Å². The summed E-state index contributed by atoms with van der Waals surface area (Å²) in [5.74, 6) is 0.0388. The Morgan fingerprint density at radius 2 is 1.84 bits per heavy atom. The van der Waals surface area contributed by atoms with Crippen LogP contribution in [0.5, 0.6) is 0 Å². The number of hydrogen-bond acceptors (Lipinski definition) is 3. The second-order valence-electron chi connectivity index (χ2n) is 5.31. The zero-order chi connectivity index (χ0) is 13.9. The maximum Gasteiger partial charge on any atom is 0.218 e. The molecule has 1 aliphatic rings. The third-order valence-electron chi connectivity index (χ3n) is 3.68. The van der Waals surface area contributed by atoms with Gasteiger partial charge in [-0.25, -0.2) is 12.7 Å². The van der Waals surface area contributed by atoms with Gasteiger partial charge in [-0.3, -0.25) is 0 Å². The maximum absolute atomic E-state index is 12.3. The molecule has 1 aliphatic heterocycles. The van der Waals surface area contributed by atoms with Gasteiger partial charge in [0.05, 0.1) is 17.2 Å². The molecule has 0 N–H and O–H groups in total. The van der Waals surface area contributed by atoms with Crippen LogP contribution in [0.1, 0.15) is 25.3 Å². The predicted octanol–water partition coefficient (Wildman–Crippen LogP) is 2.14. The summed E-state index contributed by atoms with van der Waals surface area (Å²) < 4.78 is 26.1. The number of benzene rings is 1. The quantitative estimate of drug-likeness (QED) is 0.851. The number of rotatable bonds is 3. The molecule has 19 heavy (non-hydrogen) atoms. The van der Waals surface area contributed by atoms with Gasteiger partial charge in [-0.05, 0) is 25.3 Å². The van der Waals surface area contributed by atoms with E-state index in [1.165, 1.54) is 4.31 Å². The summed E-state index contributed by atoms with van der Waals surface area (Å²) in [6, 6.07) is 11.5. The second kappa shape index (κ2) is 5.32. The Morgan fingerprint density at radius 3 is 2.37 bits per heavy atom. The first kappa shape index (κ1) is 14.0. The highest BCUT2D eigenvalue weighted by Gasteiger charge is 2.34. The number of hydrogen-bond donors (Lipinski definition) is 0. The van der Waals surface area contributed by atoms with Crippen LogP contribution in [-0.2, 0) is 15.8 Å². The first-order chi connectivity index (χ1) is 8.95. The summed E-state index contributed by atoms with van der Waals surface area (Å²) in [6.45, 7) is 2.78. The third-order valence-corrected chi connectivity index (χ3v) is 5.53. The molecule has 1 fully saturated rings. The number of piperidine rings is 1. The van der Waals surface area contributed by atoms with E-state index in [1.54, 1.807) is 0 Å². The highest BCUT2D eigenvalue weighted by molar-refractivity contribution is 7.88. The summed E-state index contributed by atoms with van der Waals surface area (Å²) in [7, 11) is -3.27. The molecule has 1 aromatic rings. The van der Waals surface area contributed by atoms with Crippen molar-refractivity contribution < 1.29 is 8.42 Å². The van der Waals surface area contributed by atoms with Gasteiger partial charge in [0.2, 0.25) is 10.0 Å². The number of sulfonamides is 1. The molecule has 0 radical (unpaired) electrons. The normalized spacial score (nSPS) is 19.8. The number of nitriles is 1. The Kier molecular flexibility index (Phi) is 3.93. The molecular formula is C14H18N2O2S. The number of nitrogens with zero attached hydrogens (tertiary/aromatic N) is 2. The van der Waals surface area contributed by atoms with Gasteiger partial charge in [0.25, 0.3) is 0 Å². The fourth-order valence-corrected chi connectivity index (χ4v) is 3.78. The van der Waals surface area contributed by atoms with E-state index >= 15 is 0 Å². The highest BCUT2D eigenvalue weighted by Crippen LogP contribution is 2.31. The van der Waals surface area contributed by atoms with Crippen LogP contribution in [-0.4, -0.2) is 25.8 Å². The van der Waals surface area contributed by atoms with E-state index in [1.807, 2.05) is 37.3 Å². The molecule has 5 heteroatoms. The van der Waals surface area contributed by atoms with Crippen molar-refractivity contribution in [2.75, 3.05) is 13.1 Å². The largest absolute Gasteiger partial charge is 0.218 e. The predicted molar refractivity (Wildman–Crippen MR) is 73.6 cm³/mol. The topological polar surface area (TPSA) is 61.2 Å². The molecule has 1 heterocycles. The molecule has 0 aromatic heterocycles. The summed E-state index contributed by atoms with van der Waals surface area (Å²) >= 11 is 0. The lowest BCUT2D eigenvalue weighted by Gasteiger charge is -2.34. The summed E-state index contributed by atoms with van der Waals surface area (Å²) in [5.41, 5.74) is 0.426. The molecule has 0 aliphatic carbocycles. The molecule has 0 atom stereocenters. The second-order valence-corrected chi connectivity index (χ2v) is 7.28. The first-order valence-corrected chi connectivity index (χ1v) is 7.99. The smallest absolute Gasteiger partial charge is 0.212 e. The van der Waals surface area contributed by atoms with Crippen LogP contribution >= 0.6 is 0 Å². The molecule has 4 nitrogen and oxygen atoms in total. The molecule has 0 bridgehead atoms. The summed E-state index contributed by atoms with van der Waals surface area (Å²) in [5, 5.41) is 9.06. The van der Waals surface area contributed by atoms with Crippen LogP contribution in [0.15, 0.2) is 30.3 Å². The minimum Gasteiger partial charge on any atom is -0.212 e. The minimum atomic E-state index is -3.27. The van der Waals surface area contributed by atoms with E-state index in [0.717, 1.165) is 5.56 Å². The molecule has 2 rings (SSSR count). The van der Waals surface area contributed by atoms with Crippen LogP contribution < -0.4 is 0 Å². The van der Waals surface area contributed by atoms with Crippen molar-refractivity contribution in [3.05, 3.63) is 35.9 Å². The van der Waals surface area contributed by atoms with E-state index in [2.05, 4.69) is 6.07 Å². The lowest BCUT2D eigenvalue weighted by Crippen LogP contribution is -2.42. The minimum absolute atomic E-state index is 0.0388. The van der Waals surface area contributed by atoms with Gasteiger partial charge in [-0.15, -0.1) is 0 Å². The highest BCUT2D eigenvalue weighted by atomic mass is 32.2. The van der Waals surface area contributed by atoms with Gasteiger partial charge in [0.15, 0.2) is 0 Å². The van der Waals surface area contributed by atoms with Gasteiger partial charge < -0.3 is 0 Å². The zero-order valence-corrected chi connectivity index (χ0v) is 11.9. The van der Waals surface area contributed by atoms with Crippen molar-refractivity contribution in [1.82, 2.24) is 4.31 Å². The van der Waals surface area contributed by atoms with Gasteiger partial charge in [0.1, 0.15) is 0 Å². The van der Waals surface area contributed by atoms with Crippen molar-refractivity contribution in [2.24, 2.45) is 5.41 Å². The van der Waals surface area contributed by atoms with Crippen molar-refractivity contribution in [2.45, 2.75) is 25.5 Å². The van der Waals surface area contributed by atoms with E-state index in [4.69, 9.17) is 5.26 Å². The SMILES string of the molecule is CC1(C#N)CCN(S(=O)(=O)Cc2ccccc2)CC1. The van der Waals surface area contributed by atoms with Gasteiger partial charge in [0, 0.05) is 13.1 Å². The Balaban J connectivity index is 2.05. The molecule has 1 aromatic carbocycles. The van der Waals surface area contributed by atoms with Crippen molar-refractivity contribution >= 4 is 10.0 Å². The fourth-order valence-electron chi connectivity index (χ4n) is 2.25. The van der Waals surface area contributed by atoms with Crippen LogP contribution in [0, 0.1) is 16.7 Å². The first-order valence-electron chi connectivity index (χ1n) is 6.38. The Hall–Kier alpha value is -1.38. The molecule has 102 valence electrons.